The maximum Gasteiger partial charge on any atom is 0.193 e. The Morgan fingerprint density at radius 3 is 2.37 bits per heavy atom. The summed E-state index contributed by atoms with van der Waals surface area (Å²) in [5.74, 6) is 6.19. The summed E-state index contributed by atoms with van der Waals surface area (Å²) in [7, 11) is -0.597. The smallest absolute Gasteiger partial charge is 0.193 e. The van der Waals surface area contributed by atoms with Crippen LogP contribution >= 0.6 is 0 Å². The van der Waals surface area contributed by atoms with Crippen LogP contribution in [0.4, 0.5) is 0 Å². The molecular formula is C23H38O6Si. The second-order valence-corrected chi connectivity index (χ2v) is 13.5. The molecule has 0 spiro atoms. The fraction of sp³-hybridized carbons (Fsp3) is 0.652. The first kappa shape index (κ1) is 26.8. The van der Waals surface area contributed by atoms with Gasteiger partial charge in [-0.1, -0.05) is 62.9 Å². The minimum absolute atomic E-state index is 0.00914. The maximum absolute atomic E-state index is 10.1. The van der Waals surface area contributed by atoms with Gasteiger partial charge >= 0.3 is 0 Å². The van der Waals surface area contributed by atoms with Crippen molar-refractivity contribution in [3.05, 3.63) is 35.9 Å². The molecule has 6 nitrogen and oxygen atoms in total. The molecule has 0 saturated carbocycles. The molecule has 0 heterocycles. The van der Waals surface area contributed by atoms with Crippen LogP contribution in [-0.2, 0) is 25.2 Å². The number of benzene rings is 1. The van der Waals surface area contributed by atoms with Gasteiger partial charge in [0.25, 0.3) is 0 Å². The van der Waals surface area contributed by atoms with Crippen LogP contribution in [0.1, 0.15) is 32.8 Å². The zero-order valence-electron chi connectivity index (χ0n) is 19.2. The van der Waals surface area contributed by atoms with Gasteiger partial charge in [0.1, 0.15) is 25.6 Å². The van der Waals surface area contributed by atoms with Gasteiger partial charge in [0.05, 0.1) is 19.3 Å². The third-order valence-electron chi connectivity index (χ3n) is 5.25. The lowest BCUT2D eigenvalue weighted by Crippen LogP contribution is -2.45. The third kappa shape index (κ3) is 9.71. The molecular weight excluding hydrogens is 400 g/mol. The summed E-state index contributed by atoms with van der Waals surface area (Å²) in [6.07, 6.45) is -1.82. The lowest BCUT2D eigenvalue weighted by Gasteiger charge is -2.39. The van der Waals surface area contributed by atoms with E-state index in [0.717, 1.165) is 5.56 Å². The first-order chi connectivity index (χ1) is 14.1. The number of hydrogen-bond acceptors (Lipinski definition) is 6. The summed E-state index contributed by atoms with van der Waals surface area (Å²) in [5.41, 5.74) is 1.09. The molecule has 0 aliphatic carbocycles. The highest BCUT2D eigenvalue weighted by Crippen LogP contribution is 2.37. The highest BCUT2D eigenvalue weighted by Gasteiger charge is 2.39. The van der Waals surface area contributed by atoms with Crippen molar-refractivity contribution in [2.75, 3.05) is 27.1 Å². The van der Waals surface area contributed by atoms with Gasteiger partial charge in [-0.25, -0.2) is 0 Å². The Hall–Kier alpha value is -1.24. The predicted molar refractivity (Wildman–Crippen MR) is 120 cm³/mol. The number of methoxy groups -OCH3 is 1. The standard InChI is InChI=1S/C23H38O6Si/c1-23(2,3)30(5,6)29-20(15-22(21(25)16-24)28-18-26-4)13-10-14-27-17-19-11-8-7-9-12-19/h7-9,11-12,20-22,24-25H,14-18H2,1-6H3/t20-,21?,22-/m0/s1. The quantitative estimate of drug-likeness (QED) is 0.226. The van der Waals surface area contributed by atoms with Crippen LogP contribution in [0.5, 0.6) is 0 Å². The van der Waals surface area contributed by atoms with E-state index in [9.17, 15) is 10.2 Å². The Bertz CT molecular complexity index is 647. The van der Waals surface area contributed by atoms with Crippen molar-refractivity contribution in [3.63, 3.8) is 0 Å². The number of ether oxygens (including phenoxy) is 3. The van der Waals surface area contributed by atoms with E-state index in [1.165, 1.54) is 7.11 Å². The molecule has 1 unspecified atom stereocenters. The Morgan fingerprint density at radius 1 is 1.13 bits per heavy atom. The van der Waals surface area contributed by atoms with E-state index < -0.39 is 33.2 Å². The molecule has 2 N–H and O–H groups in total. The van der Waals surface area contributed by atoms with Gasteiger partial charge < -0.3 is 28.8 Å². The molecule has 1 aromatic carbocycles. The van der Waals surface area contributed by atoms with Crippen molar-refractivity contribution in [1.82, 2.24) is 0 Å². The van der Waals surface area contributed by atoms with Gasteiger partial charge in [-0.3, -0.25) is 0 Å². The molecule has 1 aromatic rings. The molecule has 0 amide bonds. The molecule has 0 aliphatic heterocycles. The van der Waals surface area contributed by atoms with E-state index >= 15 is 0 Å². The zero-order chi connectivity index (χ0) is 22.6. The van der Waals surface area contributed by atoms with Crippen molar-refractivity contribution in [2.45, 2.75) is 70.2 Å². The average molecular weight is 439 g/mol. The van der Waals surface area contributed by atoms with E-state index in [1.54, 1.807) is 0 Å². The van der Waals surface area contributed by atoms with Crippen molar-refractivity contribution in [1.29, 1.82) is 0 Å². The number of aliphatic hydroxyl groups excluding tert-OH is 2. The van der Waals surface area contributed by atoms with Gasteiger partial charge in [0.2, 0.25) is 0 Å². The van der Waals surface area contributed by atoms with Gasteiger partial charge in [-0.15, -0.1) is 0 Å². The lowest BCUT2D eigenvalue weighted by molar-refractivity contribution is -0.128. The van der Waals surface area contributed by atoms with E-state index in [-0.39, 0.29) is 18.4 Å². The predicted octanol–water partition coefficient (Wildman–Crippen LogP) is 3.33. The van der Waals surface area contributed by atoms with Crippen LogP contribution < -0.4 is 0 Å². The third-order valence-corrected chi connectivity index (χ3v) is 9.74. The second-order valence-electron chi connectivity index (χ2n) is 8.76. The van der Waals surface area contributed by atoms with Gasteiger partial charge in [-0.05, 0) is 23.7 Å². The Labute approximate surface area is 182 Å². The molecule has 3 atom stereocenters. The maximum atomic E-state index is 10.1. The molecule has 1 rings (SSSR count). The topological polar surface area (TPSA) is 77.4 Å². The molecule has 0 fully saturated rings. The minimum Gasteiger partial charge on any atom is -0.403 e. The highest BCUT2D eigenvalue weighted by atomic mass is 28.4. The zero-order valence-corrected chi connectivity index (χ0v) is 20.2. The summed E-state index contributed by atoms with van der Waals surface area (Å²) in [4.78, 5) is 0. The first-order valence-electron chi connectivity index (χ1n) is 10.3. The van der Waals surface area contributed by atoms with Gasteiger partial charge in [-0.2, -0.15) is 0 Å². The molecule has 170 valence electrons. The minimum atomic E-state index is -2.11. The summed E-state index contributed by atoms with van der Waals surface area (Å²) >= 11 is 0. The van der Waals surface area contributed by atoms with Crippen LogP contribution in [0, 0.1) is 11.8 Å². The average Bonchev–Trinajstić information content (AvgIpc) is 2.69. The SMILES string of the molecule is COCO[C@@H](C[C@H](C#CCOCc1ccccc1)O[Si](C)(C)C(C)(C)C)C(O)CO. The molecule has 0 aliphatic rings. The molecule has 0 aromatic heterocycles. The van der Waals surface area contributed by atoms with Crippen molar-refractivity contribution in [3.8, 4) is 11.8 Å². The van der Waals surface area contributed by atoms with E-state index in [4.69, 9.17) is 18.6 Å². The monoisotopic (exact) mass is 438 g/mol. The van der Waals surface area contributed by atoms with Gasteiger partial charge in [0.15, 0.2) is 8.32 Å². The molecule has 0 saturated heterocycles. The Kier molecular flexibility index (Phi) is 11.8. The summed E-state index contributed by atoms with van der Waals surface area (Å²) < 4.78 is 22.6. The molecule has 7 heteroatoms. The Morgan fingerprint density at radius 2 is 1.80 bits per heavy atom. The molecule has 30 heavy (non-hydrogen) atoms. The van der Waals surface area contributed by atoms with Crippen LogP contribution in [0.15, 0.2) is 30.3 Å². The van der Waals surface area contributed by atoms with Crippen LogP contribution in [0.3, 0.4) is 0 Å². The molecule has 0 bridgehead atoms. The van der Waals surface area contributed by atoms with Crippen LogP contribution in [0.25, 0.3) is 0 Å². The molecule has 0 radical (unpaired) electrons. The Balaban J connectivity index is 2.83. The van der Waals surface area contributed by atoms with Crippen molar-refractivity contribution in [2.24, 2.45) is 0 Å². The van der Waals surface area contributed by atoms with Crippen molar-refractivity contribution < 1.29 is 28.8 Å². The van der Waals surface area contributed by atoms with Crippen LogP contribution in [-0.4, -0.2) is 64.0 Å². The summed E-state index contributed by atoms with van der Waals surface area (Å²) in [5, 5.41) is 19.5. The van der Waals surface area contributed by atoms with Gasteiger partial charge in [0, 0.05) is 13.5 Å². The fourth-order valence-electron chi connectivity index (χ4n) is 2.44. The van der Waals surface area contributed by atoms with Crippen LogP contribution in [0.2, 0.25) is 18.1 Å². The van der Waals surface area contributed by atoms with Crippen molar-refractivity contribution >= 4 is 8.32 Å². The number of aliphatic hydroxyl groups is 2. The lowest BCUT2D eigenvalue weighted by atomic mass is 10.1. The normalized spacial score (nSPS) is 15.2. The fourth-order valence-corrected chi connectivity index (χ4v) is 3.66. The number of rotatable bonds is 12. The largest absolute Gasteiger partial charge is 0.403 e. The summed E-state index contributed by atoms with van der Waals surface area (Å²) in [6.45, 7) is 11.2. The van der Waals surface area contributed by atoms with E-state index in [0.29, 0.717) is 13.0 Å². The van der Waals surface area contributed by atoms with E-state index in [1.807, 2.05) is 30.3 Å². The van der Waals surface area contributed by atoms with E-state index in [2.05, 4.69) is 45.7 Å². The highest BCUT2D eigenvalue weighted by molar-refractivity contribution is 6.74. The number of hydrogen-bond donors (Lipinski definition) is 2. The first-order valence-corrected chi connectivity index (χ1v) is 13.2. The second kappa shape index (κ2) is 13.2. The summed E-state index contributed by atoms with van der Waals surface area (Å²) in [6, 6.07) is 9.92.